The Morgan fingerprint density at radius 1 is 0.581 bits per heavy atom. The van der Waals surface area contributed by atoms with Gasteiger partial charge in [0.05, 0.1) is 45.7 Å². The van der Waals surface area contributed by atoms with Crippen LogP contribution in [0.25, 0.3) is 10.9 Å². The summed E-state index contributed by atoms with van der Waals surface area (Å²) in [5.41, 5.74) is 12.0. The highest BCUT2D eigenvalue weighted by atomic mass is 16.4. The molecule has 3 heterocycles. The molecule has 74 heavy (non-hydrogen) atoms. The third kappa shape index (κ3) is 15.6. The Morgan fingerprint density at radius 3 is 1.54 bits per heavy atom. The Labute approximate surface area is 421 Å². The molecule has 2 saturated heterocycles. The number of H-pyrrole nitrogens is 1. The number of hydrogen-bond donors (Lipinski definition) is 17. The Bertz CT molecular complexity index is 2370. The standard InChI is InChI=1S/C44H64N12O18/c45-23(9-10-34(46)63)35(64)53-30(19-61)42(71)56-12-4-8-33(56)43(72)55-11-3-7-32(55)41(70)52-29(18-60)39(68)50-26(15-57)37(66)48-25(13-21-14-47-24-6-2-1-5-22(21)24)36(65)49-27(16-58)38(67)51-28(17-59)40(69)54-31(20-62)44(73)74/h1-2,5-6,14,23,25-33,47,57-62H,3-4,7-13,15-20,45H2,(H2,46,63)(H,48,66)(H,49,65)(H,50,68)(H,51,67)(H,52,70)(H,53,64)(H,54,69)(H,73,74)/t23-,25-,26-,27-,28-,29-,30-,31-,32-,33-/m0/s1. The van der Waals surface area contributed by atoms with Crippen molar-refractivity contribution in [2.75, 3.05) is 52.7 Å². The number of nitrogens with one attached hydrogen (secondary N) is 8. The number of carbonyl (C=O) groups excluding carboxylic acids is 10. The second-order valence-corrected chi connectivity index (χ2v) is 17.4. The maximum atomic E-state index is 14.0. The molecule has 1 aromatic heterocycles. The Morgan fingerprint density at radius 2 is 1.03 bits per heavy atom. The number of aromatic nitrogens is 1. The van der Waals surface area contributed by atoms with E-state index in [9.17, 15) is 83.4 Å². The summed E-state index contributed by atoms with van der Waals surface area (Å²) >= 11 is 0. The fourth-order valence-electron chi connectivity index (χ4n) is 8.20. The monoisotopic (exact) mass is 1050 g/mol. The van der Waals surface area contributed by atoms with E-state index in [1.54, 1.807) is 24.3 Å². The first-order valence-electron chi connectivity index (χ1n) is 23.4. The lowest BCUT2D eigenvalue weighted by Crippen LogP contribution is -2.62. The number of likely N-dealkylation sites (tertiary alicyclic amines) is 2. The maximum absolute atomic E-state index is 14.0. The zero-order chi connectivity index (χ0) is 54.8. The Balaban J connectivity index is 1.44. The first kappa shape index (κ1) is 59.2. The minimum absolute atomic E-state index is 0.0465. The number of carbonyl (C=O) groups is 11. The maximum Gasteiger partial charge on any atom is 0.328 e. The zero-order valence-electron chi connectivity index (χ0n) is 39.9. The molecule has 0 spiro atoms. The van der Waals surface area contributed by atoms with Crippen LogP contribution >= 0.6 is 0 Å². The van der Waals surface area contributed by atoms with Crippen molar-refractivity contribution < 1.29 is 88.5 Å². The minimum atomic E-state index is -1.87. The number of nitrogens with zero attached hydrogens (tertiary/aromatic N) is 2. The SMILES string of the molecule is NC(=O)CC[C@H](N)C(=O)N[C@@H](CO)C(=O)N1CCC[C@H]1C(=O)N1CCC[C@H]1C(=O)N[C@@H](CO)C(=O)N[C@@H](CO)C(=O)N[C@@H](Cc1c[nH]c2ccccc12)C(=O)N[C@@H](CO)C(=O)N[C@@H](CO)C(=O)N[C@@H](CO)C(=O)O. The van der Waals surface area contributed by atoms with Crippen molar-refractivity contribution >= 4 is 75.9 Å². The van der Waals surface area contributed by atoms with Crippen molar-refractivity contribution in [1.29, 1.82) is 0 Å². The molecule has 30 heteroatoms. The summed E-state index contributed by atoms with van der Waals surface area (Å²) in [4.78, 5) is 149. The highest BCUT2D eigenvalue weighted by molar-refractivity contribution is 5.99. The molecule has 2 aromatic rings. The number of carboxylic acids is 1. The fraction of sp³-hybridized carbons (Fsp3) is 0.568. The van der Waals surface area contributed by atoms with Crippen LogP contribution in [0.3, 0.4) is 0 Å². The van der Waals surface area contributed by atoms with Crippen LogP contribution in [0.5, 0.6) is 0 Å². The van der Waals surface area contributed by atoms with Crippen LogP contribution in [0, 0.1) is 0 Å². The number of carboxylic acid groups (broad SMARTS) is 1. The van der Waals surface area contributed by atoms with E-state index in [0.717, 1.165) is 4.90 Å². The lowest BCUT2D eigenvalue weighted by molar-refractivity contribution is -0.148. The van der Waals surface area contributed by atoms with Gasteiger partial charge in [0, 0.05) is 43.0 Å². The third-order valence-corrected chi connectivity index (χ3v) is 12.3. The number of benzene rings is 1. The largest absolute Gasteiger partial charge is 0.480 e. The highest BCUT2D eigenvalue weighted by Gasteiger charge is 2.44. The van der Waals surface area contributed by atoms with Crippen LogP contribution in [0.15, 0.2) is 30.5 Å². The molecular formula is C44H64N12O18. The molecule has 1 aromatic carbocycles. The van der Waals surface area contributed by atoms with Gasteiger partial charge in [-0.05, 0) is 43.7 Å². The smallest absolute Gasteiger partial charge is 0.328 e. The molecule has 30 nitrogen and oxygen atoms in total. The number of hydrogen-bond acceptors (Lipinski definition) is 18. The van der Waals surface area contributed by atoms with Crippen LogP contribution in [0.2, 0.25) is 0 Å². The number of nitrogens with two attached hydrogens (primary N) is 2. The Kier molecular flexibility index (Phi) is 22.6. The molecule has 408 valence electrons. The topological polar surface area (TPSA) is 488 Å². The van der Waals surface area contributed by atoms with Gasteiger partial charge in [-0.3, -0.25) is 47.9 Å². The van der Waals surface area contributed by atoms with Crippen molar-refractivity contribution in [3.63, 3.8) is 0 Å². The first-order chi connectivity index (χ1) is 35.2. The molecule has 10 amide bonds. The molecule has 0 radical (unpaired) electrons. The summed E-state index contributed by atoms with van der Waals surface area (Å²) in [7, 11) is 0. The summed E-state index contributed by atoms with van der Waals surface area (Å²) in [6, 6.07) is -9.07. The molecule has 2 aliphatic heterocycles. The number of amides is 10. The second-order valence-electron chi connectivity index (χ2n) is 17.4. The van der Waals surface area contributed by atoms with Crippen molar-refractivity contribution in [2.24, 2.45) is 11.5 Å². The van der Waals surface area contributed by atoms with Crippen molar-refractivity contribution in [2.45, 2.75) is 105 Å². The van der Waals surface area contributed by atoms with Gasteiger partial charge in [0.15, 0.2) is 0 Å². The van der Waals surface area contributed by atoms with Gasteiger partial charge in [-0.15, -0.1) is 0 Å². The van der Waals surface area contributed by atoms with E-state index in [1.807, 2.05) is 10.6 Å². The molecular weight excluding hydrogens is 985 g/mol. The van der Waals surface area contributed by atoms with Gasteiger partial charge < -0.3 is 99.2 Å². The van der Waals surface area contributed by atoms with E-state index < -0.39 is 165 Å². The van der Waals surface area contributed by atoms with Crippen LogP contribution in [0.1, 0.15) is 44.1 Å². The molecule has 0 aliphatic carbocycles. The van der Waals surface area contributed by atoms with E-state index in [1.165, 1.54) is 11.1 Å². The average molecular weight is 1050 g/mol. The van der Waals surface area contributed by atoms with Crippen LogP contribution in [0.4, 0.5) is 0 Å². The van der Waals surface area contributed by atoms with Gasteiger partial charge in [0.25, 0.3) is 0 Å². The van der Waals surface area contributed by atoms with E-state index >= 15 is 0 Å². The number of aromatic amines is 1. The average Bonchev–Trinajstić information content (AvgIpc) is 4.18. The predicted octanol–water partition coefficient (Wildman–Crippen LogP) is -9.28. The summed E-state index contributed by atoms with van der Waals surface area (Å²) in [5.74, 6) is -11.6. The van der Waals surface area contributed by atoms with Gasteiger partial charge >= 0.3 is 5.97 Å². The summed E-state index contributed by atoms with van der Waals surface area (Å²) in [6.45, 7) is -6.16. The normalized spacial score (nSPS) is 18.6. The van der Waals surface area contributed by atoms with E-state index in [2.05, 4.69) is 31.6 Å². The quantitative estimate of drug-likeness (QED) is 0.0376. The van der Waals surface area contributed by atoms with Crippen molar-refractivity contribution in [3.8, 4) is 0 Å². The number of para-hydroxylation sites is 1. The predicted molar refractivity (Wildman–Crippen MR) is 252 cm³/mol. The Hall–Kier alpha value is -7.35. The summed E-state index contributed by atoms with van der Waals surface area (Å²) in [6.07, 6.45) is 1.75. The van der Waals surface area contributed by atoms with E-state index in [0.29, 0.717) is 29.3 Å². The van der Waals surface area contributed by atoms with Gasteiger partial charge in [-0.25, -0.2) is 4.79 Å². The number of aliphatic hydroxyl groups is 6. The molecule has 0 saturated carbocycles. The van der Waals surface area contributed by atoms with Gasteiger partial charge in [-0.1, -0.05) is 18.2 Å². The molecule has 2 fully saturated rings. The van der Waals surface area contributed by atoms with E-state index in [4.69, 9.17) is 16.6 Å². The number of fused-ring (bicyclic) bond motifs is 1. The van der Waals surface area contributed by atoms with Crippen LogP contribution < -0.4 is 48.7 Å². The second kappa shape index (κ2) is 28.2. The summed E-state index contributed by atoms with van der Waals surface area (Å²) < 4.78 is 0. The molecule has 0 unspecified atom stereocenters. The first-order valence-corrected chi connectivity index (χ1v) is 23.4. The fourth-order valence-corrected chi connectivity index (χ4v) is 8.20. The van der Waals surface area contributed by atoms with Gasteiger partial charge in [-0.2, -0.15) is 0 Å². The van der Waals surface area contributed by atoms with Crippen molar-refractivity contribution in [3.05, 3.63) is 36.0 Å². The minimum Gasteiger partial charge on any atom is -0.480 e. The number of primary amides is 1. The zero-order valence-corrected chi connectivity index (χ0v) is 39.9. The molecule has 0 bridgehead atoms. The molecule has 10 atom stereocenters. The third-order valence-electron chi connectivity index (χ3n) is 12.3. The van der Waals surface area contributed by atoms with Crippen molar-refractivity contribution in [1.82, 2.24) is 52.0 Å². The number of rotatable bonds is 28. The van der Waals surface area contributed by atoms with E-state index in [-0.39, 0.29) is 45.2 Å². The lowest BCUT2D eigenvalue weighted by atomic mass is 10.0. The molecule has 19 N–H and O–H groups in total. The summed E-state index contributed by atoms with van der Waals surface area (Å²) in [5, 5.41) is 84.7. The number of aliphatic hydroxyl groups excluding tert-OH is 6. The molecule has 4 rings (SSSR count). The van der Waals surface area contributed by atoms with Gasteiger partial charge in [0.1, 0.15) is 54.4 Å². The highest BCUT2D eigenvalue weighted by Crippen LogP contribution is 2.26. The molecule has 2 aliphatic rings. The van der Waals surface area contributed by atoms with Crippen LogP contribution in [-0.4, -0.2) is 229 Å². The van der Waals surface area contributed by atoms with Crippen LogP contribution in [-0.2, 0) is 59.2 Å². The lowest BCUT2D eigenvalue weighted by Gasteiger charge is -2.33. The number of aliphatic carboxylic acids is 1. The van der Waals surface area contributed by atoms with Gasteiger partial charge in [0.2, 0.25) is 59.1 Å².